The molecule has 0 heterocycles. The minimum atomic E-state index is 0.646. The summed E-state index contributed by atoms with van der Waals surface area (Å²) < 4.78 is 0. The summed E-state index contributed by atoms with van der Waals surface area (Å²) in [6.45, 7) is 0.981. The summed E-state index contributed by atoms with van der Waals surface area (Å²) in [5, 5.41) is 3.68. The predicted octanol–water partition coefficient (Wildman–Crippen LogP) is 3.72. The number of rotatable bonds is 4. The van der Waals surface area contributed by atoms with Crippen LogP contribution >= 0.6 is 0 Å². The third-order valence-corrected chi connectivity index (χ3v) is 3.91. The van der Waals surface area contributed by atoms with Gasteiger partial charge in [0.25, 0.3) is 0 Å². The maximum absolute atomic E-state index is 3.68. The number of hydrogen-bond acceptors (Lipinski definition) is 1. The molecule has 3 rings (SSSR count). The normalized spacial score (nSPS) is 22.4. The van der Waals surface area contributed by atoms with E-state index >= 15 is 0 Å². The van der Waals surface area contributed by atoms with E-state index < -0.39 is 0 Å². The average Bonchev–Trinajstić information content (AvgIpc) is 2.40. The van der Waals surface area contributed by atoms with E-state index in [0.717, 1.165) is 6.54 Å². The zero-order chi connectivity index (χ0) is 12.2. The minimum Gasteiger partial charge on any atom is -0.309 e. The molecule has 1 fully saturated rings. The molecule has 1 nitrogen and oxygen atoms in total. The fourth-order valence-corrected chi connectivity index (χ4v) is 2.69. The van der Waals surface area contributed by atoms with Crippen molar-refractivity contribution in [1.29, 1.82) is 0 Å². The summed E-state index contributed by atoms with van der Waals surface area (Å²) in [6.07, 6.45) is 2.61. The van der Waals surface area contributed by atoms with E-state index in [2.05, 4.69) is 66.0 Å². The van der Waals surface area contributed by atoms with Gasteiger partial charge < -0.3 is 5.32 Å². The zero-order valence-electron chi connectivity index (χ0n) is 10.5. The molecular formula is C17H19N. The lowest BCUT2D eigenvalue weighted by atomic mass is 9.75. The molecule has 1 saturated carbocycles. The Balaban J connectivity index is 1.58. The Kier molecular flexibility index (Phi) is 3.42. The van der Waals surface area contributed by atoms with Crippen LogP contribution < -0.4 is 5.32 Å². The standard InChI is InChI=1S/C17H19N/c1-3-7-14(8-4-1)13-18-17-12-11-16(17)15-9-5-2-6-10-15/h1-10,16-18H,11-13H2. The first-order chi connectivity index (χ1) is 8.93. The first kappa shape index (κ1) is 11.5. The van der Waals surface area contributed by atoms with Crippen LogP contribution in [-0.2, 0) is 6.54 Å². The van der Waals surface area contributed by atoms with Crippen molar-refractivity contribution in [1.82, 2.24) is 5.32 Å². The fraction of sp³-hybridized carbons (Fsp3) is 0.294. The van der Waals surface area contributed by atoms with E-state index in [-0.39, 0.29) is 0 Å². The first-order valence-electron chi connectivity index (χ1n) is 6.76. The Morgan fingerprint density at radius 1 is 0.833 bits per heavy atom. The smallest absolute Gasteiger partial charge is 0.0208 e. The molecule has 92 valence electrons. The molecule has 2 unspecified atom stereocenters. The summed E-state index contributed by atoms with van der Waals surface area (Å²) in [4.78, 5) is 0. The summed E-state index contributed by atoms with van der Waals surface area (Å²) in [5.74, 6) is 0.704. The Hall–Kier alpha value is -1.60. The van der Waals surface area contributed by atoms with E-state index in [4.69, 9.17) is 0 Å². The van der Waals surface area contributed by atoms with Crippen molar-refractivity contribution in [3.63, 3.8) is 0 Å². The van der Waals surface area contributed by atoms with Crippen LogP contribution in [0.2, 0.25) is 0 Å². The zero-order valence-corrected chi connectivity index (χ0v) is 10.5. The van der Waals surface area contributed by atoms with Crippen LogP contribution in [0.5, 0.6) is 0 Å². The molecule has 2 atom stereocenters. The van der Waals surface area contributed by atoms with Gasteiger partial charge in [0, 0.05) is 12.6 Å². The van der Waals surface area contributed by atoms with Crippen molar-refractivity contribution >= 4 is 0 Å². The lowest BCUT2D eigenvalue weighted by Gasteiger charge is -2.38. The van der Waals surface area contributed by atoms with Crippen LogP contribution in [0.15, 0.2) is 60.7 Å². The van der Waals surface area contributed by atoms with Crippen LogP contribution in [0.25, 0.3) is 0 Å². The van der Waals surface area contributed by atoms with Crippen molar-refractivity contribution in [2.24, 2.45) is 0 Å². The van der Waals surface area contributed by atoms with Crippen LogP contribution in [0.3, 0.4) is 0 Å². The molecule has 0 aromatic heterocycles. The van der Waals surface area contributed by atoms with Gasteiger partial charge in [-0.3, -0.25) is 0 Å². The fourth-order valence-electron chi connectivity index (χ4n) is 2.69. The lowest BCUT2D eigenvalue weighted by Crippen LogP contribution is -2.41. The minimum absolute atomic E-state index is 0.646. The van der Waals surface area contributed by atoms with Crippen molar-refractivity contribution in [2.75, 3.05) is 0 Å². The van der Waals surface area contributed by atoms with Gasteiger partial charge in [0.05, 0.1) is 0 Å². The maximum atomic E-state index is 3.68. The van der Waals surface area contributed by atoms with Crippen molar-refractivity contribution in [3.05, 3.63) is 71.8 Å². The van der Waals surface area contributed by atoms with Crippen LogP contribution in [0.1, 0.15) is 29.9 Å². The topological polar surface area (TPSA) is 12.0 Å². The monoisotopic (exact) mass is 237 g/mol. The predicted molar refractivity (Wildman–Crippen MR) is 75.5 cm³/mol. The Labute approximate surface area is 109 Å². The molecule has 0 bridgehead atoms. The molecule has 0 saturated heterocycles. The van der Waals surface area contributed by atoms with E-state index in [1.54, 1.807) is 0 Å². The SMILES string of the molecule is c1ccc(CNC2CCC2c2ccccc2)cc1. The second-order valence-corrected chi connectivity index (χ2v) is 5.07. The largest absolute Gasteiger partial charge is 0.309 e. The third kappa shape index (κ3) is 2.46. The highest BCUT2D eigenvalue weighted by Gasteiger charge is 2.31. The number of hydrogen-bond donors (Lipinski definition) is 1. The second-order valence-electron chi connectivity index (χ2n) is 5.07. The van der Waals surface area contributed by atoms with E-state index in [9.17, 15) is 0 Å². The van der Waals surface area contributed by atoms with Gasteiger partial charge in [0.15, 0.2) is 0 Å². The number of benzene rings is 2. The molecule has 0 amide bonds. The Morgan fingerprint density at radius 2 is 1.50 bits per heavy atom. The second kappa shape index (κ2) is 5.36. The quantitative estimate of drug-likeness (QED) is 0.854. The molecule has 0 radical (unpaired) electrons. The van der Waals surface area contributed by atoms with Crippen LogP contribution in [-0.4, -0.2) is 6.04 Å². The van der Waals surface area contributed by atoms with Gasteiger partial charge in [-0.15, -0.1) is 0 Å². The lowest BCUT2D eigenvalue weighted by molar-refractivity contribution is 0.282. The van der Waals surface area contributed by atoms with Gasteiger partial charge in [-0.05, 0) is 29.9 Å². The molecule has 1 heteroatoms. The summed E-state index contributed by atoms with van der Waals surface area (Å²) in [6, 6.07) is 22.2. The maximum Gasteiger partial charge on any atom is 0.0208 e. The summed E-state index contributed by atoms with van der Waals surface area (Å²) in [7, 11) is 0. The van der Waals surface area contributed by atoms with Gasteiger partial charge >= 0.3 is 0 Å². The molecule has 1 N–H and O–H groups in total. The van der Waals surface area contributed by atoms with Crippen LogP contribution in [0.4, 0.5) is 0 Å². The summed E-state index contributed by atoms with van der Waals surface area (Å²) in [5.41, 5.74) is 2.85. The molecule has 1 aliphatic rings. The molecule has 2 aromatic rings. The highest BCUT2D eigenvalue weighted by atomic mass is 14.9. The average molecular weight is 237 g/mol. The molecule has 0 spiro atoms. The highest BCUT2D eigenvalue weighted by Crippen LogP contribution is 2.36. The molecule has 1 aliphatic carbocycles. The van der Waals surface area contributed by atoms with Crippen molar-refractivity contribution in [2.45, 2.75) is 31.3 Å². The third-order valence-electron chi connectivity index (χ3n) is 3.91. The van der Waals surface area contributed by atoms with Crippen molar-refractivity contribution < 1.29 is 0 Å². The van der Waals surface area contributed by atoms with E-state index in [1.807, 2.05) is 0 Å². The van der Waals surface area contributed by atoms with Crippen LogP contribution in [0, 0.1) is 0 Å². The first-order valence-corrected chi connectivity index (χ1v) is 6.76. The molecule has 18 heavy (non-hydrogen) atoms. The van der Waals surface area contributed by atoms with Crippen molar-refractivity contribution in [3.8, 4) is 0 Å². The highest BCUT2D eigenvalue weighted by molar-refractivity contribution is 5.24. The van der Waals surface area contributed by atoms with Gasteiger partial charge in [-0.2, -0.15) is 0 Å². The molecule has 2 aromatic carbocycles. The molecular weight excluding hydrogens is 218 g/mol. The van der Waals surface area contributed by atoms with Gasteiger partial charge in [0.2, 0.25) is 0 Å². The van der Waals surface area contributed by atoms with Gasteiger partial charge in [-0.1, -0.05) is 60.7 Å². The summed E-state index contributed by atoms with van der Waals surface area (Å²) >= 11 is 0. The number of nitrogens with one attached hydrogen (secondary N) is 1. The van der Waals surface area contributed by atoms with E-state index in [1.165, 1.54) is 24.0 Å². The van der Waals surface area contributed by atoms with E-state index in [0.29, 0.717) is 12.0 Å². The van der Waals surface area contributed by atoms with Gasteiger partial charge in [-0.25, -0.2) is 0 Å². The molecule has 0 aliphatic heterocycles. The van der Waals surface area contributed by atoms with Gasteiger partial charge in [0.1, 0.15) is 0 Å². The Bertz CT molecular complexity index is 477. The Morgan fingerprint density at radius 3 is 2.11 bits per heavy atom.